The van der Waals surface area contributed by atoms with Crippen molar-refractivity contribution in [1.82, 2.24) is 15.3 Å². The minimum Gasteiger partial charge on any atom is -0.277 e. The number of H-pyrrole nitrogens is 1. The van der Waals surface area contributed by atoms with E-state index in [9.17, 15) is 4.79 Å². The number of aromatic amines is 1. The van der Waals surface area contributed by atoms with Gasteiger partial charge in [0.05, 0.1) is 24.6 Å². The maximum Gasteiger partial charge on any atom is 0.280 e. The molecular weight excluding hydrogens is 254 g/mol. The Hall–Kier alpha value is -1.85. The van der Waals surface area contributed by atoms with Crippen LogP contribution in [0.3, 0.4) is 0 Å². The van der Waals surface area contributed by atoms with E-state index in [2.05, 4.69) is 10.2 Å². The molecule has 0 saturated carbocycles. The van der Waals surface area contributed by atoms with Crippen molar-refractivity contribution in [3.8, 4) is 11.3 Å². The average molecular weight is 266 g/mol. The SMILES string of the molecule is CON(C)C(=O)c1cn[nH]c1-c1ccc(Cl)cc1. The lowest BCUT2D eigenvalue weighted by atomic mass is 10.1. The van der Waals surface area contributed by atoms with Crippen LogP contribution < -0.4 is 0 Å². The molecule has 2 rings (SSSR count). The summed E-state index contributed by atoms with van der Waals surface area (Å²) in [5.74, 6) is -0.267. The first kappa shape index (κ1) is 12.6. The van der Waals surface area contributed by atoms with Gasteiger partial charge in [0, 0.05) is 17.6 Å². The van der Waals surface area contributed by atoms with Gasteiger partial charge in [0.25, 0.3) is 5.91 Å². The van der Waals surface area contributed by atoms with Crippen LogP contribution in [0.5, 0.6) is 0 Å². The molecule has 0 aliphatic heterocycles. The number of amides is 1. The molecule has 1 amide bonds. The fraction of sp³-hybridized carbons (Fsp3) is 0.167. The second-order valence-electron chi connectivity index (χ2n) is 3.65. The predicted octanol–water partition coefficient (Wildman–Crippen LogP) is 2.36. The lowest BCUT2D eigenvalue weighted by Crippen LogP contribution is -2.25. The number of nitrogens with zero attached hydrogens (tertiary/aromatic N) is 2. The van der Waals surface area contributed by atoms with Gasteiger partial charge >= 0.3 is 0 Å². The lowest BCUT2D eigenvalue weighted by Gasteiger charge is -2.13. The predicted molar refractivity (Wildman–Crippen MR) is 68.1 cm³/mol. The fourth-order valence-electron chi connectivity index (χ4n) is 1.54. The van der Waals surface area contributed by atoms with Crippen molar-refractivity contribution in [2.24, 2.45) is 0 Å². The summed E-state index contributed by atoms with van der Waals surface area (Å²) in [6.45, 7) is 0. The quantitative estimate of drug-likeness (QED) is 0.867. The first-order valence-corrected chi connectivity index (χ1v) is 5.62. The van der Waals surface area contributed by atoms with Crippen molar-refractivity contribution in [2.75, 3.05) is 14.2 Å². The van der Waals surface area contributed by atoms with E-state index in [-0.39, 0.29) is 5.91 Å². The normalized spacial score (nSPS) is 10.4. The van der Waals surface area contributed by atoms with Crippen molar-refractivity contribution in [1.29, 1.82) is 0 Å². The number of hydrogen-bond acceptors (Lipinski definition) is 3. The molecular formula is C12H12ClN3O2. The number of carbonyl (C=O) groups is 1. The largest absolute Gasteiger partial charge is 0.280 e. The number of benzene rings is 1. The molecule has 6 heteroatoms. The Morgan fingerprint density at radius 2 is 2.06 bits per heavy atom. The molecule has 2 aromatic rings. The van der Waals surface area contributed by atoms with E-state index in [1.54, 1.807) is 19.2 Å². The van der Waals surface area contributed by atoms with Crippen molar-refractivity contribution < 1.29 is 9.63 Å². The molecule has 1 aromatic heterocycles. The maximum absolute atomic E-state index is 12.0. The van der Waals surface area contributed by atoms with Crippen molar-refractivity contribution in [3.63, 3.8) is 0 Å². The second kappa shape index (κ2) is 5.20. The van der Waals surface area contributed by atoms with Crippen molar-refractivity contribution in [2.45, 2.75) is 0 Å². The van der Waals surface area contributed by atoms with Gasteiger partial charge in [-0.15, -0.1) is 0 Å². The van der Waals surface area contributed by atoms with Crippen LogP contribution in [-0.2, 0) is 4.84 Å². The van der Waals surface area contributed by atoms with Crippen LogP contribution in [0.4, 0.5) is 0 Å². The molecule has 0 radical (unpaired) electrons. The van der Waals surface area contributed by atoms with E-state index in [0.717, 1.165) is 10.6 Å². The zero-order chi connectivity index (χ0) is 13.1. The lowest BCUT2D eigenvalue weighted by molar-refractivity contribution is -0.0756. The fourth-order valence-corrected chi connectivity index (χ4v) is 1.66. The van der Waals surface area contributed by atoms with Gasteiger partial charge < -0.3 is 0 Å². The Morgan fingerprint density at radius 3 is 2.67 bits per heavy atom. The van der Waals surface area contributed by atoms with Crippen LogP contribution in [0, 0.1) is 0 Å². The summed E-state index contributed by atoms with van der Waals surface area (Å²) >= 11 is 5.83. The number of rotatable bonds is 3. The zero-order valence-electron chi connectivity index (χ0n) is 9.98. The average Bonchev–Trinajstić information content (AvgIpc) is 2.87. The molecule has 1 N–H and O–H groups in total. The highest BCUT2D eigenvalue weighted by Crippen LogP contribution is 2.23. The third-order valence-electron chi connectivity index (χ3n) is 2.56. The Kier molecular flexibility index (Phi) is 3.64. The monoisotopic (exact) mass is 265 g/mol. The molecule has 0 atom stereocenters. The van der Waals surface area contributed by atoms with Crippen molar-refractivity contribution in [3.05, 3.63) is 41.0 Å². The second-order valence-corrected chi connectivity index (χ2v) is 4.09. The zero-order valence-corrected chi connectivity index (χ0v) is 10.7. The van der Waals surface area contributed by atoms with Gasteiger partial charge in [-0.25, -0.2) is 5.06 Å². The summed E-state index contributed by atoms with van der Waals surface area (Å²) in [5.41, 5.74) is 1.92. The highest BCUT2D eigenvalue weighted by molar-refractivity contribution is 6.30. The standard InChI is InChI=1S/C12H12ClN3O2/c1-16(18-2)12(17)10-7-14-15-11(10)8-3-5-9(13)6-4-8/h3-7H,1-2H3,(H,14,15). The van der Waals surface area contributed by atoms with E-state index in [4.69, 9.17) is 16.4 Å². The Morgan fingerprint density at radius 1 is 1.39 bits per heavy atom. The molecule has 0 aliphatic carbocycles. The number of carbonyl (C=O) groups excluding carboxylic acids is 1. The highest BCUT2D eigenvalue weighted by Gasteiger charge is 2.18. The number of aromatic nitrogens is 2. The molecule has 1 aromatic carbocycles. The van der Waals surface area contributed by atoms with E-state index in [1.165, 1.54) is 13.3 Å². The summed E-state index contributed by atoms with van der Waals surface area (Å²) in [7, 11) is 2.97. The summed E-state index contributed by atoms with van der Waals surface area (Å²) in [6, 6.07) is 7.15. The van der Waals surface area contributed by atoms with Gasteiger partial charge in [-0.1, -0.05) is 23.7 Å². The van der Waals surface area contributed by atoms with Crippen LogP contribution >= 0.6 is 11.6 Å². The molecule has 0 spiro atoms. The number of halogens is 1. The van der Waals surface area contributed by atoms with Crippen LogP contribution in [-0.4, -0.2) is 35.3 Å². The summed E-state index contributed by atoms with van der Waals surface area (Å²) in [5, 5.41) is 8.49. The number of hydrogen-bond donors (Lipinski definition) is 1. The number of hydroxylamine groups is 2. The molecule has 0 aliphatic rings. The van der Waals surface area contributed by atoms with Gasteiger partial charge in [-0.2, -0.15) is 5.10 Å². The highest BCUT2D eigenvalue weighted by atomic mass is 35.5. The first-order valence-electron chi connectivity index (χ1n) is 5.25. The molecule has 18 heavy (non-hydrogen) atoms. The van der Waals surface area contributed by atoms with E-state index in [0.29, 0.717) is 16.3 Å². The van der Waals surface area contributed by atoms with Gasteiger partial charge in [0.1, 0.15) is 0 Å². The molecule has 5 nitrogen and oxygen atoms in total. The van der Waals surface area contributed by atoms with Gasteiger partial charge in [0.15, 0.2) is 0 Å². The smallest absolute Gasteiger partial charge is 0.277 e. The maximum atomic E-state index is 12.0. The van der Waals surface area contributed by atoms with E-state index >= 15 is 0 Å². The minimum atomic E-state index is -0.267. The van der Waals surface area contributed by atoms with Crippen LogP contribution in [0.1, 0.15) is 10.4 Å². The van der Waals surface area contributed by atoms with Gasteiger partial charge in [-0.3, -0.25) is 14.7 Å². The minimum absolute atomic E-state index is 0.267. The van der Waals surface area contributed by atoms with Gasteiger partial charge in [0.2, 0.25) is 0 Å². The Bertz CT molecular complexity index is 551. The molecule has 0 unspecified atom stereocenters. The van der Waals surface area contributed by atoms with Crippen LogP contribution in [0.2, 0.25) is 5.02 Å². The Balaban J connectivity index is 2.39. The molecule has 94 valence electrons. The third-order valence-corrected chi connectivity index (χ3v) is 2.81. The first-order chi connectivity index (χ1) is 8.63. The topological polar surface area (TPSA) is 58.2 Å². The molecule has 1 heterocycles. The van der Waals surface area contributed by atoms with E-state index < -0.39 is 0 Å². The van der Waals surface area contributed by atoms with Crippen LogP contribution in [0.25, 0.3) is 11.3 Å². The Labute approximate surface area is 109 Å². The summed E-state index contributed by atoms with van der Waals surface area (Å²) in [4.78, 5) is 16.9. The molecule has 0 fully saturated rings. The number of nitrogens with one attached hydrogen (secondary N) is 1. The van der Waals surface area contributed by atoms with E-state index in [1.807, 2.05) is 12.1 Å². The molecule has 0 saturated heterocycles. The third kappa shape index (κ3) is 2.37. The van der Waals surface area contributed by atoms with Gasteiger partial charge in [-0.05, 0) is 12.1 Å². The molecule has 0 bridgehead atoms. The van der Waals surface area contributed by atoms with Crippen LogP contribution in [0.15, 0.2) is 30.5 Å². The summed E-state index contributed by atoms with van der Waals surface area (Å²) in [6.07, 6.45) is 1.47. The summed E-state index contributed by atoms with van der Waals surface area (Å²) < 4.78 is 0. The van der Waals surface area contributed by atoms with Crippen molar-refractivity contribution >= 4 is 17.5 Å².